The molecule has 1 amide bonds. The van der Waals surface area contributed by atoms with Crippen LogP contribution in [0.1, 0.15) is 22.3 Å². The Balaban J connectivity index is 1.79. The maximum atomic E-state index is 12.0. The molecule has 22 heavy (non-hydrogen) atoms. The number of benzene rings is 2. The molecule has 0 atom stereocenters. The summed E-state index contributed by atoms with van der Waals surface area (Å²) in [6.45, 7) is 4.10. The summed E-state index contributed by atoms with van der Waals surface area (Å²) in [6.07, 6.45) is 0. The number of carbonyl (C=O) groups excluding carboxylic acids is 1. The van der Waals surface area contributed by atoms with Gasteiger partial charge in [-0.25, -0.2) is 0 Å². The zero-order chi connectivity index (χ0) is 15.9. The van der Waals surface area contributed by atoms with Crippen molar-refractivity contribution < 1.29 is 9.90 Å². The molecule has 3 nitrogen and oxygen atoms in total. The molecule has 0 unspecified atom stereocenters. The van der Waals surface area contributed by atoms with Gasteiger partial charge in [-0.15, -0.1) is 11.8 Å². The van der Waals surface area contributed by atoms with Crippen LogP contribution in [0.25, 0.3) is 0 Å². The Morgan fingerprint density at radius 2 is 1.64 bits per heavy atom. The van der Waals surface area contributed by atoms with Gasteiger partial charge in [0.15, 0.2) is 0 Å². The first kappa shape index (κ1) is 16.6. The number of rotatable bonds is 6. The van der Waals surface area contributed by atoms with Crippen LogP contribution in [0.4, 0.5) is 5.69 Å². The first-order valence-corrected chi connectivity index (χ1v) is 8.37. The fourth-order valence-electron chi connectivity index (χ4n) is 2.25. The van der Waals surface area contributed by atoms with E-state index in [0.29, 0.717) is 5.75 Å². The number of anilines is 1. The van der Waals surface area contributed by atoms with Crippen molar-refractivity contribution in [3.63, 3.8) is 0 Å². The number of thioether (sulfide) groups is 1. The first-order chi connectivity index (χ1) is 10.6. The monoisotopic (exact) mass is 315 g/mol. The Labute approximate surface area is 135 Å². The Bertz CT molecular complexity index is 618. The van der Waals surface area contributed by atoms with Crippen molar-refractivity contribution in [1.29, 1.82) is 0 Å². The number of hydrogen-bond donors (Lipinski definition) is 2. The van der Waals surface area contributed by atoms with Gasteiger partial charge in [-0.05, 0) is 48.2 Å². The van der Waals surface area contributed by atoms with Crippen molar-refractivity contribution in [3.05, 3.63) is 64.7 Å². The lowest BCUT2D eigenvalue weighted by Crippen LogP contribution is -2.14. The molecule has 0 aliphatic heterocycles. The van der Waals surface area contributed by atoms with E-state index in [1.807, 2.05) is 50.2 Å². The Morgan fingerprint density at radius 3 is 2.23 bits per heavy atom. The number of hydrogen-bond acceptors (Lipinski definition) is 3. The van der Waals surface area contributed by atoms with E-state index in [-0.39, 0.29) is 12.5 Å². The largest absolute Gasteiger partial charge is 0.392 e. The molecule has 2 N–H and O–H groups in total. The van der Waals surface area contributed by atoms with Crippen molar-refractivity contribution >= 4 is 23.4 Å². The van der Waals surface area contributed by atoms with E-state index in [2.05, 4.69) is 11.4 Å². The Hall–Kier alpha value is -1.78. The van der Waals surface area contributed by atoms with Crippen molar-refractivity contribution in [1.82, 2.24) is 0 Å². The minimum atomic E-state index is 0.0157. The van der Waals surface area contributed by atoms with Gasteiger partial charge in [-0.1, -0.05) is 30.3 Å². The second-order valence-corrected chi connectivity index (χ2v) is 6.38. The lowest BCUT2D eigenvalue weighted by molar-refractivity contribution is -0.113. The summed E-state index contributed by atoms with van der Waals surface area (Å²) in [5.74, 6) is 1.22. The van der Waals surface area contributed by atoms with Crippen LogP contribution in [-0.2, 0) is 17.2 Å². The SMILES string of the molecule is Cc1cc(C)cc(NC(=O)CSCc2ccc(CO)cc2)c1. The molecule has 4 heteroatoms. The summed E-state index contributed by atoms with van der Waals surface area (Å²) in [5, 5.41) is 11.9. The third-order valence-corrected chi connectivity index (χ3v) is 4.22. The third-order valence-electron chi connectivity index (χ3n) is 3.21. The fraction of sp³-hybridized carbons (Fsp3) is 0.278. The average molecular weight is 315 g/mol. The van der Waals surface area contributed by atoms with Gasteiger partial charge in [0.25, 0.3) is 0 Å². The molecule has 0 fully saturated rings. The number of nitrogens with one attached hydrogen (secondary N) is 1. The summed E-state index contributed by atoms with van der Waals surface area (Å²) >= 11 is 1.58. The molecule has 0 saturated heterocycles. The quantitative estimate of drug-likeness (QED) is 0.855. The maximum Gasteiger partial charge on any atom is 0.234 e. The normalized spacial score (nSPS) is 10.5. The standard InChI is InChI=1S/C18H21NO2S/c1-13-7-14(2)9-17(8-13)19-18(21)12-22-11-16-5-3-15(10-20)4-6-16/h3-9,20H,10-12H2,1-2H3,(H,19,21). The van der Waals surface area contributed by atoms with Crippen LogP contribution in [0.2, 0.25) is 0 Å². The van der Waals surface area contributed by atoms with Gasteiger partial charge in [-0.2, -0.15) is 0 Å². The van der Waals surface area contributed by atoms with Crippen LogP contribution in [0.15, 0.2) is 42.5 Å². The van der Waals surface area contributed by atoms with Gasteiger partial charge in [-0.3, -0.25) is 4.79 Å². The number of amides is 1. The molecule has 0 bridgehead atoms. The topological polar surface area (TPSA) is 49.3 Å². The van der Waals surface area contributed by atoms with Crippen LogP contribution >= 0.6 is 11.8 Å². The first-order valence-electron chi connectivity index (χ1n) is 7.21. The number of carbonyl (C=O) groups is 1. The Kier molecular flexibility index (Phi) is 6.04. The van der Waals surface area contributed by atoms with Gasteiger partial charge < -0.3 is 10.4 Å². The highest BCUT2D eigenvalue weighted by Crippen LogP contribution is 2.16. The number of aryl methyl sites for hydroxylation is 2. The van der Waals surface area contributed by atoms with Gasteiger partial charge >= 0.3 is 0 Å². The smallest absolute Gasteiger partial charge is 0.234 e. The van der Waals surface area contributed by atoms with E-state index in [1.54, 1.807) is 11.8 Å². The molecular formula is C18H21NO2S. The van der Waals surface area contributed by atoms with Crippen molar-refractivity contribution in [3.8, 4) is 0 Å². The highest BCUT2D eigenvalue weighted by Gasteiger charge is 2.04. The van der Waals surface area contributed by atoms with E-state index in [4.69, 9.17) is 5.11 Å². The summed E-state index contributed by atoms with van der Waals surface area (Å²) in [6, 6.07) is 13.8. The average Bonchev–Trinajstić information content (AvgIpc) is 2.47. The maximum absolute atomic E-state index is 12.0. The molecule has 116 valence electrons. The number of aliphatic hydroxyl groups is 1. The lowest BCUT2D eigenvalue weighted by atomic mass is 10.1. The second kappa shape index (κ2) is 8.01. The molecule has 2 aromatic rings. The van der Waals surface area contributed by atoms with Gasteiger partial charge in [0.05, 0.1) is 12.4 Å². The molecule has 0 aliphatic carbocycles. The molecule has 0 aromatic heterocycles. The van der Waals surface area contributed by atoms with E-state index >= 15 is 0 Å². The minimum absolute atomic E-state index is 0.0157. The zero-order valence-electron chi connectivity index (χ0n) is 12.9. The second-order valence-electron chi connectivity index (χ2n) is 5.39. The Morgan fingerprint density at radius 1 is 1.05 bits per heavy atom. The molecule has 0 aliphatic rings. The van der Waals surface area contributed by atoms with Crippen LogP contribution in [0, 0.1) is 13.8 Å². The predicted molar refractivity (Wildman–Crippen MR) is 93.1 cm³/mol. The molecule has 2 aromatic carbocycles. The summed E-state index contributed by atoms with van der Waals surface area (Å²) in [7, 11) is 0. The van der Waals surface area contributed by atoms with Crippen LogP contribution < -0.4 is 5.32 Å². The van der Waals surface area contributed by atoms with E-state index < -0.39 is 0 Å². The van der Waals surface area contributed by atoms with Crippen LogP contribution in [-0.4, -0.2) is 16.8 Å². The molecule has 2 rings (SSSR count). The molecular weight excluding hydrogens is 294 g/mol. The van der Waals surface area contributed by atoms with E-state index in [1.165, 1.54) is 0 Å². The highest BCUT2D eigenvalue weighted by atomic mass is 32.2. The third kappa shape index (κ3) is 5.20. The fourth-order valence-corrected chi connectivity index (χ4v) is 3.03. The van der Waals surface area contributed by atoms with Crippen molar-refractivity contribution in [2.75, 3.05) is 11.1 Å². The van der Waals surface area contributed by atoms with Crippen molar-refractivity contribution in [2.24, 2.45) is 0 Å². The summed E-state index contributed by atoms with van der Waals surface area (Å²) < 4.78 is 0. The molecule has 0 radical (unpaired) electrons. The minimum Gasteiger partial charge on any atom is -0.392 e. The van der Waals surface area contributed by atoms with Crippen LogP contribution in [0.3, 0.4) is 0 Å². The predicted octanol–water partition coefficient (Wildman–Crippen LogP) is 3.67. The lowest BCUT2D eigenvalue weighted by Gasteiger charge is -2.08. The number of aliphatic hydroxyl groups excluding tert-OH is 1. The van der Waals surface area contributed by atoms with Crippen molar-refractivity contribution in [2.45, 2.75) is 26.2 Å². The van der Waals surface area contributed by atoms with Gasteiger partial charge in [0.1, 0.15) is 0 Å². The molecule has 0 saturated carbocycles. The van der Waals surface area contributed by atoms with E-state index in [9.17, 15) is 4.79 Å². The van der Waals surface area contributed by atoms with Gasteiger partial charge in [0.2, 0.25) is 5.91 Å². The molecule has 0 spiro atoms. The zero-order valence-corrected chi connectivity index (χ0v) is 13.7. The van der Waals surface area contributed by atoms with Gasteiger partial charge in [0, 0.05) is 11.4 Å². The molecule has 0 heterocycles. The summed E-state index contributed by atoms with van der Waals surface area (Å²) in [4.78, 5) is 12.0. The van der Waals surface area contributed by atoms with Crippen LogP contribution in [0.5, 0.6) is 0 Å². The van der Waals surface area contributed by atoms with E-state index in [0.717, 1.165) is 33.7 Å². The summed E-state index contributed by atoms with van der Waals surface area (Å²) in [5.41, 5.74) is 5.21. The highest BCUT2D eigenvalue weighted by molar-refractivity contribution is 7.99.